The van der Waals surface area contributed by atoms with Crippen molar-refractivity contribution in [2.24, 2.45) is 0 Å². The van der Waals surface area contributed by atoms with Gasteiger partial charge in [0.15, 0.2) is 0 Å². The molecule has 7 heteroatoms. The molecule has 5 nitrogen and oxygen atoms in total. The molecule has 1 saturated heterocycles. The molecule has 142 valence electrons. The predicted molar refractivity (Wildman–Crippen MR) is 114 cm³/mol. The van der Waals surface area contributed by atoms with Crippen LogP contribution in [0.3, 0.4) is 0 Å². The molecule has 0 saturated carbocycles. The number of nitrogens with zero attached hydrogens (tertiary/aromatic N) is 3. The summed E-state index contributed by atoms with van der Waals surface area (Å²) in [5.74, 6) is 1.11. The zero-order valence-corrected chi connectivity index (χ0v) is 16.8. The van der Waals surface area contributed by atoms with Crippen LogP contribution in [-0.4, -0.2) is 32.9 Å². The van der Waals surface area contributed by atoms with Crippen LogP contribution in [0, 0.1) is 0 Å². The lowest BCUT2D eigenvalue weighted by Crippen LogP contribution is -2.35. The van der Waals surface area contributed by atoms with Crippen molar-refractivity contribution in [3.05, 3.63) is 68.7 Å². The van der Waals surface area contributed by atoms with Crippen LogP contribution in [-0.2, 0) is 6.54 Å². The van der Waals surface area contributed by atoms with Crippen LogP contribution in [0.2, 0.25) is 5.02 Å². The van der Waals surface area contributed by atoms with Gasteiger partial charge in [-0.1, -0.05) is 23.7 Å². The van der Waals surface area contributed by atoms with Gasteiger partial charge in [0, 0.05) is 17.5 Å². The van der Waals surface area contributed by atoms with Gasteiger partial charge in [-0.3, -0.25) is 9.69 Å². The van der Waals surface area contributed by atoms with Crippen molar-refractivity contribution in [1.82, 2.24) is 19.9 Å². The summed E-state index contributed by atoms with van der Waals surface area (Å²) in [6.07, 6.45) is 2.26. The summed E-state index contributed by atoms with van der Waals surface area (Å²) < 4.78 is 1.24. The summed E-state index contributed by atoms with van der Waals surface area (Å²) in [4.78, 5) is 27.1. The van der Waals surface area contributed by atoms with Crippen molar-refractivity contribution < 1.29 is 0 Å². The predicted octanol–water partition coefficient (Wildman–Crippen LogP) is 4.57. The number of thiazole rings is 1. The van der Waals surface area contributed by atoms with E-state index in [1.807, 2.05) is 6.07 Å². The molecule has 2 aromatic carbocycles. The van der Waals surface area contributed by atoms with Gasteiger partial charge in [-0.05, 0) is 49.7 Å². The number of rotatable bonds is 3. The number of hydrogen-bond acceptors (Lipinski definition) is 5. The first-order valence-corrected chi connectivity index (χ1v) is 10.6. The van der Waals surface area contributed by atoms with Crippen molar-refractivity contribution >= 4 is 44.1 Å². The van der Waals surface area contributed by atoms with Crippen LogP contribution in [0.1, 0.15) is 29.6 Å². The highest BCUT2D eigenvalue weighted by Crippen LogP contribution is 2.33. The Morgan fingerprint density at radius 1 is 1.18 bits per heavy atom. The average Bonchev–Trinajstić information content (AvgIpc) is 3.12. The van der Waals surface area contributed by atoms with Crippen molar-refractivity contribution in [3.63, 3.8) is 0 Å². The molecule has 0 amide bonds. The van der Waals surface area contributed by atoms with E-state index in [1.165, 1.54) is 9.71 Å². The van der Waals surface area contributed by atoms with Gasteiger partial charge >= 0.3 is 0 Å². The van der Waals surface area contributed by atoms with E-state index in [1.54, 1.807) is 29.5 Å². The molecule has 0 radical (unpaired) electrons. The molecule has 3 heterocycles. The molecular formula is C21H19ClN4OS. The minimum absolute atomic E-state index is 0.114. The molecule has 1 fully saturated rings. The second-order valence-electron chi connectivity index (χ2n) is 7.27. The summed E-state index contributed by atoms with van der Waals surface area (Å²) in [5, 5.41) is 2.36. The van der Waals surface area contributed by atoms with Crippen molar-refractivity contribution in [2.75, 3.05) is 13.1 Å². The second-order valence-corrected chi connectivity index (χ2v) is 8.77. The fourth-order valence-corrected chi connectivity index (χ4v) is 5.17. The molecule has 1 aliphatic heterocycles. The molecule has 0 aliphatic carbocycles. The lowest BCUT2D eigenvalue weighted by Gasteiger charge is -2.31. The first kappa shape index (κ1) is 17.8. The lowest BCUT2D eigenvalue weighted by atomic mass is 9.99. The Labute approximate surface area is 171 Å². The molecule has 1 atom stereocenters. The maximum atomic E-state index is 12.4. The van der Waals surface area contributed by atoms with E-state index in [0.29, 0.717) is 34.2 Å². The SMILES string of the molecule is O=c1[nH]c(CN2CCC[C@@H](c3nc4ccccc4s3)C2)nc2cc(Cl)ccc12. The highest BCUT2D eigenvalue weighted by molar-refractivity contribution is 7.18. The third-order valence-electron chi connectivity index (χ3n) is 5.26. The number of hydrogen-bond donors (Lipinski definition) is 1. The van der Waals surface area contributed by atoms with Gasteiger partial charge in [-0.15, -0.1) is 11.3 Å². The van der Waals surface area contributed by atoms with Gasteiger partial charge in [0.25, 0.3) is 5.56 Å². The number of fused-ring (bicyclic) bond motifs is 2. The molecule has 4 aromatic rings. The zero-order chi connectivity index (χ0) is 19.1. The molecule has 5 rings (SSSR count). The summed E-state index contributed by atoms with van der Waals surface area (Å²) in [6, 6.07) is 13.5. The summed E-state index contributed by atoms with van der Waals surface area (Å²) in [5.41, 5.74) is 1.61. The smallest absolute Gasteiger partial charge is 0.258 e. The molecule has 0 bridgehead atoms. The third kappa shape index (κ3) is 3.43. The van der Waals surface area contributed by atoms with Crippen LogP contribution in [0.15, 0.2) is 47.3 Å². The van der Waals surface area contributed by atoms with Gasteiger partial charge in [0.05, 0.1) is 32.7 Å². The Morgan fingerprint density at radius 2 is 2.07 bits per heavy atom. The maximum absolute atomic E-state index is 12.4. The van der Waals surface area contributed by atoms with Crippen LogP contribution in [0.25, 0.3) is 21.1 Å². The maximum Gasteiger partial charge on any atom is 0.258 e. The molecule has 2 aromatic heterocycles. The van der Waals surface area contributed by atoms with Gasteiger partial charge in [0.1, 0.15) is 5.82 Å². The third-order valence-corrected chi connectivity index (χ3v) is 6.69. The highest BCUT2D eigenvalue weighted by Gasteiger charge is 2.24. The van der Waals surface area contributed by atoms with E-state index < -0.39 is 0 Å². The lowest BCUT2D eigenvalue weighted by molar-refractivity contribution is 0.196. The van der Waals surface area contributed by atoms with Crippen molar-refractivity contribution in [1.29, 1.82) is 0 Å². The first-order valence-electron chi connectivity index (χ1n) is 9.42. The fraction of sp³-hybridized carbons (Fsp3) is 0.286. The number of piperidine rings is 1. The van der Waals surface area contributed by atoms with Gasteiger partial charge in [-0.25, -0.2) is 9.97 Å². The molecule has 1 aliphatic rings. The van der Waals surface area contributed by atoms with E-state index in [9.17, 15) is 4.79 Å². The minimum atomic E-state index is -0.114. The molecule has 0 unspecified atom stereocenters. The zero-order valence-electron chi connectivity index (χ0n) is 15.2. The number of H-pyrrole nitrogens is 1. The van der Waals surface area contributed by atoms with E-state index in [4.69, 9.17) is 16.6 Å². The summed E-state index contributed by atoms with van der Waals surface area (Å²) in [7, 11) is 0. The van der Waals surface area contributed by atoms with Crippen molar-refractivity contribution in [2.45, 2.75) is 25.3 Å². The van der Waals surface area contributed by atoms with Gasteiger partial charge in [-0.2, -0.15) is 0 Å². The largest absolute Gasteiger partial charge is 0.309 e. The Morgan fingerprint density at radius 3 is 2.96 bits per heavy atom. The summed E-state index contributed by atoms with van der Waals surface area (Å²) in [6.45, 7) is 2.55. The number of nitrogens with one attached hydrogen (secondary N) is 1. The van der Waals surface area contributed by atoms with E-state index in [2.05, 4.69) is 33.1 Å². The number of aromatic nitrogens is 3. The Kier molecular flexibility index (Phi) is 4.62. The highest BCUT2D eigenvalue weighted by atomic mass is 35.5. The van der Waals surface area contributed by atoms with E-state index in [0.717, 1.165) is 31.4 Å². The number of benzene rings is 2. The normalized spacial score (nSPS) is 18.1. The standard InChI is InChI=1S/C21H19ClN4OS/c22-14-7-8-15-17(10-14)23-19(25-20(15)27)12-26-9-3-4-13(11-26)21-24-16-5-1-2-6-18(16)28-21/h1-2,5-8,10,13H,3-4,9,11-12H2,(H,23,25,27)/t13-/m1/s1. The number of para-hydroxylation sites is 1. The first-order chi connectivity index (χ1) is 13.7. The molecule has 28 heavy (non-hydrogen) atoms. The van der Waals surface area contributed by atoms with Gasteiger partial charge in [0.2, 0.25) is 0 Å². The Balaban J connectivity index is 1.38. The number of aromatic amines is 1. The quantitative estimate of drug-likeness (QED) is 0.537. The molecular weight excluding hydrogens is 392 g/mol. The summed E-state index contributed by atoms with van der Waals surface area (Å²) >= 11 is 7.86. The van der Waals surface area contributed by atoms with Crippen LogP contribution in [0.5, 0.6) is 0 Å². The van der Waals surface area contributed by atoms with Crippen LogP contribution < -0.4 is 5.56 Å². The van der Waals surface area contributed by atoms with E-state index in [-0.39, 0.29) is 5.56 Å². The Hall–Kier alpha value is -2.28. The van der Waals surface area contributed by atoms with E-state index >= 15 is 0 Å². The molecule has 0 spiro atoms. The van der Waals surface area contributed by atoms with Crippen molar-refractivity contribution in [3.8, 4) is 0 Å². The topological polar surface area (TPSA) is 61.9 Å². The van der Waals surface area contributed by atoms with Crippen LogP contribution >= 0.6 is 22.9 Å². The second kappa shape index (κ2) is 7.28. The Bertz CT molecular complexity index is 1180. The number of likely N-dealkylation sites (tertiary alicyclic amines) is 1. The monoisotopic (exact) mass is 410 g/mol. The van der Waals surface area contributed by atoms with Crippen LogP contribution in [0.4, 0.5) is 0 Å². The minimum Gasteiger partial charge on any atom is -0.309 e. The molecule has 1 N–H and O–H groups in total. The average molecular weight is 411 g/mol. The van der Waals surface area contributed by atoms with Gasteiger partial charge < -0.3 is 4.98 Å². The fourth-order valence-electron chi connectivity index (χ4n) is 3.91. The number of halogens is 1.